The van der Waals surface area contributed by atoms with E-state index in [0.29, 0.717) is 76.8 Å². The second kappa shape index (κ2) is 17.6. The minimum absolute atomic E-state index is 0.0298. The van der Waals surface area contributed by atoms with Crippen molar-refractivity contribution in [1.29, 1.82) is 0 Å². The molecule has 3 aromatic carbocycles. The number of hydrogen-bond acceptors (Lipinski definition) is 11. The first-order chi connectivity index (χ1) is 26.5. The SMILES string of the molecule is COc1ccc2c(c1)C(c1ccc(Cl)cc1)=N[C@@H](CC(=O)NCCOCCOCCCNS(=O)(=O)c1cc(-c3c(C)[nH]oc3=O)ccc1C)c1nnc(C)n1-2. The van der Waals surface area contributed by atoms with Gasteiger partial charge in [0.25, 0.3) is 0 Å². The molecular weight excluding hydrogens is 750 g/mol. The number of aromatic amines is 1. The van der Waals surface area contributed by atoms with Crippen LogP contribution in [0.4, 0.5) is 0 Å². The quantitative estimate of drug-likeness (QED) is 0.112. The van der Waals surface area contributed by atoms with Gasteiger partial charge in [0.1, 0.15) is 17.6 Å². The van der Waals surface area contributed by atoms with E-state index in [1.54, 1.807) is 45.2 Å². The van der Waals surface area contributed by atoms with Crippen molar-refractivity contribution in [2.24, 2.45) is 4.99 Å². The normalized spacial score (nSPS) is 13.8. The number of benzene rings is 3. The summed E-state index contributed by atoms with van der Waals surface area (Å²) in [5.74, 6) is 1.64. The van der Waals surface area contributed by atoms with E-state index in [0.717, 1.165) is 16.8 Å². The van der Waals surface area contributed by atoms with Crippen molar-refractivity contribution in [2.75, 3.05) is 46.6 Å². The summed E-state index contributed by atoms with van der Waals surface area (Å²) in [5, 5.41) is 14.7. The first-order valence-electron chi connectivity index (χ1n) is 17.6. The average molecular weight is 792 g/mol. The first kappa shape index (κ1) is 39.6. The van der Waals surface area contributed by atoms with Crippen LogP contribution in [0, 0.1) is 20.8 Å². The Kier molecular flexibility index (Phi) is 12.6. The highest BCUT2D eigenvalue weighted by Gasteiger charge is 2.30. The van der Waals surface area contributed by atoms with Gasteiger partial charge in [0.05, 0.1) is 60.9 Å². The minimum Gasteiger partial charge on any atom is -0.497 e. The van der Waals surface area contributed by atoms with E-state index in [4.69, 9.17) is 35.3 Å². The van der Waals surface area contributed by atoms with Crippen molar-refractivity contribution in [3.8, 4) is 22.6 Å². The van der Waals surface area contributed by atoms with Crippen molar-refractivity contribution in [1.82, 2.24) is 30.0 Å². The predicted octanol–water partition coefficient (Wildman–Crippen LogP) is 4.60. The van der Waals surface area contributed by atoms with Crippen LogP contribution in [0.15, 0.2) is 79.9 Å². The van der Waals surface area contributed by atoms with Crippen LogP contribution in [0.2, 0.25) is 5.02 Å². The Bertz CT molecular complexity index is 2350. The molecule has 3 N–H and O–H groups in total. The summed E-state index contributed by atoms with van der Waals surface area (Å²) in [5.41, 5.74) is 4.37. The monoisotopic (exact) mass is 791 g/mol. The number of aryl methyl sites for hydroxylation is 3. The molecule has 17 heteroatoms. The van der Waals surface area contributed by atoms with E-state index in [1.807, 2.05) is 41.8 Å². The third kappa shape index (κ3) is 9.23. The summed E-state index contributed by atoms with van der Waals surface area (Å²) >= 11 is 6.19. The Morgan fingerprint density at radius 2 is 1.69 bits per heavy atom. The zero-order chi connectivity index (χ0) is 39.1. The second-order valence-corrected chi connectivity index (χ2v) is 15.0. The topological polar surface area (TPSA) is 192 Å². The van der Waals surface area contributed by atoms with E-state index >= 15 is 0 Å². The number of hydrogen-bond donors (Lipinski definition) is 3. The highest BCUT2D eigenvalue weighted by atomic mass is 35.5. The van der Waals surface area contributed by atoms with E-state index in [2.05, 4.69) is 25.4 Å². The maximum Gasteiger partial charge on any atom is 0.365 e. The van der Waals surface area contributed by atoms with Crippen LogP contribution in [0.25, 0.3) is 16.8 Å². The van der Waals surface area contributed by atoms with Gasteiger partial charge >= 0.3 is 5.63 Å². The fourth-order valence-corrected chi connectivity index (χ4v) is 7.69. The number of aliphatic imine (C=N–C) groups is 1. The van der Waals surface area contributed by atoms with Gasteiger partial charge in [-0.1, -0.05) is 35.9 Å². The van der Waals surface area contributed by atoms with Crippen LogP contribution in [0.3, 0.4) is 0 Å². The summed E-state index contributed by atoms with van der Waals surface area (Å²) in [4.78, 5) is 30.4. The number of ether oxygens (including phenoxy) is 3. The number of H-pyrrole nitrogens is 1. The largest absolute Gasteiger partial charge is 0.497 e. The molecule has 55 heavy (non-hydrogen) atoms. The Morgan fingerprint density at radius 3 is 2.42 bits per heavy atom. The lowest BCUT2D eigenvalue weighted by Gasteiger charge is -2.14. The van der Waals surface area contributed by atoms with Crippen molar-refractivity contribution in [3.05, 3.63) is 110 Å². The molecule has 6 rings (SSSR count). The van der Waals surface area contributed by atoms with Crippen LogP contribution in [-0.4, -0.2) is 86.6 Å². The number of halogens is 1. The van der Waals surface area contributed by atoms with Gasteiger partial charge < -0.3 is 24.1 Å². The molecule has 5 aromatic rings. The molecule has 290 valence electrons. The Hall–Kier alpha value is -5.13. The lowest BCUT2D eigenvalue weighted by atomic mass is 10.00. The maximum atomic E-state index is 13.2. The molecule has 1 amide bonds. The molecule has 0 aliphatic carbocycles. The number of nitrogens with zero attached hydrogens (tertiary/aromatic N) is 4. The molecule has 1 aliphatic heterocycles. The molecule has 15 nitrogen and oxygen atoms in total. The number of carbonyl (C=O) groups excluding carboxylic acids is 1. The number of carbonyl (C=O) groups is 1. The van der Waals surface area contributed by atoms with Crippen LogP contribution in [0.5, 0.6) is 5.75 Å². The lowest BCUT2D eigenvalue weighted by molar-refractivity contribution is -0.121. The number of nitrogens with one attached hydrogen (secondary N) is 3. The molecular formula is C38H42ClN7O8S. The molecule has 0 radical (unpaired) electrons. The van der Waals surface area contributed by atoms with Gasteiger partial charge in [0.2, 0.25) is 15.9 Å². The summed E-state index contributed by atoms with van der Waals surface area (Å²) < 4.78 is 52.2. The smallest absolute Gasteiger partial charge is 0.365 e. The highest BCUT2D eigenvalue weighted by Crippen LogP contribution is 2.34. The summed E-state index contributed by atoms with van der Waals surface area (Å²) in [6, 6.07) is 17.3. The van der Waals surface area contributed by atoms with Crippen molar-refractivity contribution in [2.45, 2.75) is 44.6 Å². The van der Waals surface area contributed by atoms with Gasteiger partial charge in [-0.05, 0) is 74.7 Å². The number of sulfonamides is 1. The Balaban J connectivity index is 0.947. The van der Waals surface area contributed by atoms with Crippen LogP contribution in [0.1, 0.15) is 52.9 Å². The van der Waals surface area contributed by atoms with E-state index in [1.165, 1.54) is 6.07 Å². The molecule has 3 heterocycles. The number of aromatic nitrogens is 4. The fourth-order valence-electron chi connectivity index (χ4n) is 6.23. The second-order valence-electron chi connectivity index (χ2n) is 12.8. The molecule has 0 saturated heterocycles. The Labute approximate surface area is 323 Å². The van der Waals surface area contributed by atoms with E-state index in [-0.39, 0.29) is 36.9 Å². The van der Waals surface area contributed by atoms with Gasteiger partial charge in [-0.3, -0.25) is 14.4 Å². The molecule has 0 spiro atoms. The van der Waals surface area contributed by atoms with Crippen molar-refractivity contribution < 1.29 is 31.9 Å². The van der Waals surface area contributed by atoms with Gasteiger partial charge in [0, 0.05) is 35.8 Å². The highest BCUT2D eigenvalue weighted by molar-refractivity contribution is 7.89. The fraction of sp³-hybridized carbons (Fsp3) is 0.342. The molecule has 2 aromatic heterocycles. The van der Waals surface area contributed by atoms with Gasteiger partial charge in [-0.15, -0.1) is 10.2 Å². The molecule has 0 fully saturated rings. The molecule has 1 atom stereocenters. The maximum absolute atomic E-state index is 13.2. The minimum atomic E-state index is -3.83. The van der Waals surface area contributed by atoms with Crippen LogP contribution >= 0.6 is 11.6 Å². The third-order valence-corrected chi connectivity index (χ3v) is 10.8. The predicted molar refractivity (Wildman–Crippen MR) is 206 cm³/mol. The van der Waals surface area contributed by atoms with Crippen LogP contribution < -0.4 is 20.4 Å². The van der Waals surface area contributed by atoms with Crippen molar-refractivity contribution in [3.63, 3.8) is 0 Å². The van der Waals surface area contributed by atoms with Gasteiger partial charge in [-0.25, -0.2) is 23.1 Å². The first-order valence-corrected chi connectivity index (χ1v) is 19.5. The third-order valence-electron chi connectivity index (χ3n) is 8.97. The van der Waals surface area contributed by atoms with Crippen LogP contribution in [-0.2, 0) is 24.3 Å². The average Bonchev–Trinajstić information content (AvgIpc) is 3.68. The molecule has 0 unspecified atom stereocenters. The summed E-state index contributed by atoms with van der Waals surface area (Å²) in [6.45, 7) is 6.83. The summed E-state index contributed by atoms with van der Waals surface area (Å²) in [7, 11) is -2.23. The Morgan fingerprint density at radius 1 is 0.945 bits per heavy atom. The number of amides is 1. The van der Waals surface area contributed by atoms with Gasteiger partial charge in [0.15, 0.2) is 5.82 Å². The van der Waals surface area contributed by atoms with Crippen molar-refractivity contribution >= 4 is 33.2 Å². The van der Waals surface area contributed by atoms with E-state index < -0.39 is 21.7 Å². The standard InChI is InChI=1S/C38H42ClN7O8S/c1-23-6-7-27(35-24(2)45-54-38(35)48)20-33(23)55(49,50)41-14-5-16-52-18-19-53-17-15-40-34(47)22-31-37-44-43-25(3)46(37)32-13-12-29(51-4)21-30(32)36(42-31)26-8-10-28(39)11-9-26/h6-13,20-21,31,41,45H,5,14-19,22H2,1-4H3,(H,40,47)/t31-/m0/s1. The molecule has 1 aliphatic rings. The number of methoxy groups -OCH3 is 1. The number of rotatable bonds is 17. The molecule has 0 bridgehead atoms. The molecule has 0 saturated carbocycles. The van der Waals surface area contributed by atoms with Gasteiger partial charge in [-0.2, -0.15) is 0 Å². The van der Waals surface area contributed by atoms with E-state index in [9.17, 15) is 18.0 Å². The zero-order valence-electron chi connectivity index (χ0n) is 30.8. The summed E-state index contributed by atoms with van der Waals surface area (Å²) in [6.07, 6.45) is 0.464. The zero-order valence-corrected chi connectivity index (χ0v) is 32.4. The number of fused-ring (bicyclic) bond motifs is 3. The lowest BCUT2D eigenvalue weighted by Crippen LogP contribution is -2.29.